The summed E-state index contributed by atoms with van der Waals surface area (Å²) in [4.78, 5) is 144. The van der Waals surface area contributed by atoms with Crippen LogP contribution in [-0.4, -0.2) is 245 Å². The third-order valence-corrected chi connectivity index (χ3v) is 26.3. The maximum absolute atomic E-state index is 13.3. The number of halogens is 2. The molecule has 0 heterocycles. The van der Waals surface area contributed by atoms with Gasteiger partial charge in [-0.15, -0.1) is 0 Å². The van der Waals surface area contributed by atoms with Crippen molar-refractivity contribution in [1.29, 1.82) is 8.69 Å². The first-order valence-corrected chi connectivity index (χ1v) is 49.6. The Bertz CT molecular complexity index is 5080. The number of ether oxygens (including phenoxy) is 12. The van der Waals surface area contributed by atoms with Crippen LogP contribution < -0.4 is 0 Å². The Labute approximate surface area is 895 Å². The van der Waals surface area contributed by atoms with E-state index in [9.17, 15) is 57.5 Å². The van der Waals surface area contributed by atoms with Crippen LogP contribution in [0.3, 0.4) is 0 Å². The van der Waals surface area contributed by atoms with Crippen LogP contribution in [-0.2, 0) is 114 Å². The molecule has 740 valence electrons. The molecule has 0 aliphatic rings. The van der Waals surface area contributed by atoms with Gasteiger partial charge in [-0.1, -0.05) is 384 Å². The van der Waals surface area contributed by atoms with Crippen LogP contribution >= 0.6 is 128 Å². The number of nitrogens with one attached hydrogen (secondary N) is 2. The van der Waals surface area contributed by atoms with Crippen molar-refractivity contribution in [3.8, 4) is 0 Å². The molecule has 0 saturated carbocycles. The fraction of sp³-hybridized carbons (Fsp3) is 0.320. The minimum atomic E-state index is -1.30. The topological polar surface area (TPSA) is 363 Å². The summed E-state index contributed by atoms with van der Waals surface area (Å²) in [7, 11) is 10.6. The number of thiocarbonyl (C=S) groups is 4. The molecule has 0 aliphatic carbocycles. The van der Waals surface area contributed by atoms with Gasteiger partial charge < -0.3 is 56.8 Å². The zero-order chi connectivity index (χ0) is 104. The second kappa shape index (κ2) is 74.3. The molecular formula is C100H112Al2B2Br2N2O24S8. The SMILES string of the molecule is C=C(C)C(=O)OC.C=CC(=O)OCCOC(=O)C(C)Br.COC(=O)C(CC(C)(CC(SC(=S)c1ccccc1)C(=O)OCCOC(=O)C(C)Br)C(=O)OC)c1ccccc1.COC(=O)C(CC(C)(SC(=S)c1ccccc1)C(=O)OC)c1ccccc1.COC(=O)C(CC(C)(SC(=S)c1ccccc1)C(=O)OC)c1ccccc1.COC(=O)C(SC(=S)c1ccccc1)c1ccccc1.[B].[B].[NH]=[Al].[NH]=[Al]. The summed E-state index contributed by atoms with van der Waals surface area (Å²) in [5.41, 5.74) is 5.63. The first-order valence-electron chi connectivity index (χ1n) is 41.6. The number of benzene rings is 8. The van der Waals surface area contributed by atoms with Gasteiger partial charge in [0.2, 0.25) is 0 Å². The Hall–Kier alpha value is -9.61. The minimum absolute atomic E-state index is 0. The van der Waals surface area contributed by atoms with E-state index in [4.69, 9.17) is 105 Å². The summed E-state index contributed by atoms with van der Waals surface area (Å²) in [6.07, 6.45) is 1.42. The number of hydrogen-bond donors (Lipinski definition) is 2. The Morgan fingerprint density at radius 1 is 0.357 bits per heavy atom. The van der Waals surface area contributed by atoms with Gasteiger partial charge in [0.15, 0.2) is 0 Å². The molecular weight excluding hydrogens is 2110 g/mol. The van der Waals surface area contributed by atoms with Crippen LogP contribution in [0.2, 0.25) is 0 Å². The van der Waals surface area contributed by atoms with Crippen molar-refractivity contribution in [2.45, 2.75) is 115 Å². The van der Waals surface area contributed by atoms with E-state index < -0.39 is 102 Å². The number of esters is 12. The van der Waals surface area contributed by atoms with Crippen molar-refractivity contribution in [3.63, 3.8) is 0 Å². The van der Waals surface area contributed by atoms with E-state index in [0.717, 1.165) is 56.8 Å². The van der Waals surface area contributed by atoms with Crippen molar-refractivity contribution in [2.75, 3.05) is 83.3 Å². The van der Waals surface area contributed by atoms with Crippen LogP contribution in [0.25, 0.3) is 0 Å². The van der Waals surface area contributed by atoms with Gasteiger partial charge in [0.1, 0.15) is 56.1 Å². The van der Waals surface area contributed by atoms with E-state index in [1.165, 1.54) is 92.2 Å². The van der Waals surface area contributed by atoms with Gasteiger partial charge in [0, 0.05) is 28.5 Å². The molecule has 26 nitrogen and oxygen atoms in total. The molecule has 0 fully saturated rings. The Kier molecular flexibility index (Phi) is 70.3. The van der Waals surface area contributed by atoms with Crippen LogP contribution in [0.15, 0.2) is 267 Å². The Balaban J connectivity index is 0. The molecule has 0 aromatic heterocycles. The maximum atomic E-state index is 13.3. The van der Waals surface area contributed by atoms with Crippen molar-refractivity contribution in [2.24, 2.45) is 5.41 Å². The van der Waals surface area contributed by atoms with Gasteiger partial charge in [-0.05, 0) is 112 Å². The standard InChI is InChI=1S/C29H33BrO8S2.2C21H22O4S2.C16H14O2S2.C8H11BrO4.C5H8O2.2Al.2B.2HN/c1-19(30)24(31)37-15-16-38-26(33)23(40-27(39)21-13-9-6-10-14-21)18-29(2,28(34)36-4)17-22(25(32)35-3)20-11-7-5-8-12-20;2*1-21(20(23)25-3,27-19(26)16-12-8-5-9-13-16)14-17(18(22)24-2)15-10-6-4-7-11-15;1-18-15(17)14(12-8-4-2-5-9-12)20-16(19)13-10-6-3-7-11-13;1-3-7(10)12-4-5-13-8(11)6(2)9;1-4(2)5(6)7-3;;;;;;/h5-14,19,22-23H,15-18H2,1-4H3;2*4-13,17H,14H2,1-3H3;2-11,14H,1H3;3,6H,1,4-5H2,2H3;1H2,2-3H3;;;;;2*1H. The van der Waals surface area contributed by atoms with E-state index in [1.54, 1.807) is 98.0 Å². The molecule has 10 atom stereocenters. The van der Waals surface area contributed by atoms with E-state index >= 15 is 0 Å². The first kappa shape index (κ1) is 132. The summed E-state index contributed by atoms with van der Waals surface area (Å²) in [6.45, 7) is 16.4. The number of thioether (sulfide) groups is 4. The Morgan fingerprint density at radius 3 is 0.886 bits per heavy atom. The van der Waals surface area contributed by atoms with Crippen LogP contribution in [0.4, 0.5) is 0 Å². The molecule has 10 unspecified atom stereocenters. The van der Waals surface area contributed by atoms with Crippen molar-refractivity contribution >= 4 is 265 Å². The number of alkyl halides is 2. The number of carbonyl (C=O) groups is 12. The van der Waals surface area contributed by atoms with E-state index in [1.807, 2.05) is 218 Å². The molecule has 0 aliphatic heterocycles. The summed E-state index contributed by atoms with van der Waals surface area (Å²) in [6, 6.07) is 74.7. The summed E-state index contributed by atoms with van der Waals surface area (Å²) in [5.74, 6) is -7.46. The average Bonchev–Trinajstić information content (AvgIpc) is 0.818. The summed E-state index contributed by atoms with van der Waals surface area (Å²) in [5, 5.41) is -1.37. The van der Waals surface area contributed by atoms with Crippen molar-refractivity contribution < 1.29 is 114 Å². The third-order valence-electron chi connectivity index (χ3n) is 18.9. The predicted molar refractivity (Wildman–Crippen MR) is 577 cm³/mol. The van der Waals surface area contributed by atoms with Crippen LogP contribution in [0.1, 0.15) is 135 Å². The average molecular weight is 2220 g/mol. The second-order valence-electron chi connectivity index (χ2n) is 29.0. The van der Waals surface area contributed by atoms with E-state index in [0.29, 0.717) is 27.9 Å². The van der Waals surface area contributed by atoms with Crippen LogP contribution in [0.5, 0.6) is 0 Å². The number of rotatable bonds is 38. The van der Waals surface area contributed by atoms with E-state index in [2.05, 4.69) is 54.5 Å². The molecule has 2 N–H and O–H groups in total. The molecule has 8 rings (SSSR count). The summed E-state index contributed by atoms with van der Waals surface area (Å²) >= 11 is 36.5. The monoisotopic (exact) mass is 2210 g/mol. The molecule has 8 aromatic rings. The molecule has 0 saturated heterocycles. The number of methoxy groups -OCH3 is 8. The summed E-state index contributed by atoms with van der Waals surface area (Å²) < 4.78 is 70.6. The van der Waals surface area contributed by atoms with Crippen LogP contribution in [0, 0.1) is 14.1 Å². The number of hydrogen-bond acceptors (Lipinski definition) is 34. The molecule has 8 radical (unpaired) electrons. The molecule has 140 heavy (non-hydrogen) atoms. The van der Waals surface area contributed by atoms with Gasteiger partial charge in [-0.2, -0.15) is 0 Å². The molecule has 0 spiro atoms. The van der Waals surface area contributed by atoms with Gasteiger partial charge in [0.05, 0.1) is 96.8 Å². The Morgan fingerprint density at radius 2 is 0.621 bits per heavy atom. The zero-order valence-corrected chi connectivity index (χ0v) is 91.9. The quantitative estimate of drug-likeness (QED) is 0.00690. The first-order chi connectivity index (χ1) is 65.8. The zero-order valence-electron chi connectivity index (χ0n) is 79.9. The van der Waals surface area contributed by atoms with Gasteiger partial charge in [-0.25, -0.2) is 9.59 Å². The third kappa shape index (κ3) is 48.9. The molecule has 0 bridgehead atoms. The van der Waals surface area contributed by atoms with Crippen molar-refractivity contribution in [1.82, 2.24) is 0 Å². The van der Waals surface area contributed by atoms with E-state index in [-0.39, 0.29) is 91.7 Å². The van der Waals surface area contributed by atoms with Crippen molar-refractivity contribution in [3.05, 3.63) is 312 Å². The molecule has 0 amide bonds. The fourth-order valence-electron chi connectivity index (χ4n) is 11.9. The molecule has 8 aromatic carbocycles. The van der Waals surface area contributed by atoms with Gasteiger partial charge >= 0.3 is 113 Å². The predicted octanol–water partition coefficient (Wildman–Crippen LogP) is 18.9. The van der Waals surface area contributed by atoms with Gasteiger partial charge in [-0.3, -0.25) is 47.9 Å². The molecule has 40 heteroatoms. The fourth-order valence-corrected chi connectivity index (χ4v) is 18.7. The second-order valence-corrected chi connectivity index (χ2v) is 39.8. The normalized spacial score (nSPS) is 12.7. The van der Waals surface area contributed by atoms with Gasteiger partial charge in [0.25, 0.3) is 0 Å². The number of carbonyl (C=O) groups excluding carboxylic acids is 12.